The fourth-order valence-corrected chi connectivity index (χ4v) is 3.00. The zero-order valence-corrected chi connectivity index (χ0v) is 14.3. The van der Waals surface area contributed by atoms with Gasteiger partial charge < -0.3 is 9.47 Å². The Morgan fingerprint density at radius 2 is 1.17 bits per heavy atom. The molecule has 0 aromatic heterocycles. The molecule has 0 amide bonds. The van der Waals surface area contributed by atoms with Gasteiger partial charge in [-0.05, 0) is 43.2 Å². The van der Waals surface area contributed by atoms with Crippen molar-refractivity contribution in [1.82, 2.24) is 0 Å². The van der Waals surface area contributed by atoms with Crippen LogP contribution in [-0.2, 0) is 22.3 Å². The van der Waals surface area contributed by atoms with Crippen LogP contribution in [0.5, 0.6) is 0 Å². The molecule has 0 unspecified atom stereocenters. The van der Waals surface area contributed by atoms with E-state index in [0.717, 1.165) is 38.7 Å². The Hall–Kier alpha value is -1.64. The monoisotopic (exact) mass is 312 g/mol. The summed E-state index contributed by atoms with van der Waals surface area (Å²) in [5.74, 6) is 0. The van der Waals surface area contributed by atoms with Crippen molar-refractivity contribution in [3.8, 4) is 0 Å². The van der Waals surface area contributed by atoms with Crippen LogP contribution in [0.25, 0.3) is 0 Å². The van der Waals surface area contributed by atoms with Crippen molar-refractivity contribution in [1.29, 1.82) is 0 Å². The van der Waals surface area contributed by atoms with E-state index >= 15 is 0 Å². The quantitative estimate of drug-likeness (QED) is 0.634. The second kappa shape index (κ2) is 9.49. The summed E-state index contributed by atoms with van der Waals surface area (Å²) < 4.78 is 11.3. The highest BCUT2D eigenvalue weighted by molar-refractivity contribution is 5.16. The van der Waals surface area contributed by atoms with Gasteiger partial charge in [0.2, 0.25) is 0 Å². The predicted octanol–water partition coefficient (Wildman–Crippen LogP) is 4.67. The lowest BCUT2D eigenvalue weighted by Crippen LogP contribution is -2.34. The standard InChI is InChI=1S/C21H28O2/c1-22-18-17-21(23-2,15-13-19-9-5-3-6-10-19)16-14-20-11-7-4-8-12-20/h3-12H,13-18H2,1-2H3. The van der Waals surface area contributed by atoms with Gasteiger partial charge in [0, 0.05) is 20.8 Å². The minimum atomic E-state index is -0.123. The summed E-state index contributed by atoms with van der Waals surface area (Å²) in [4.78, 5) is 0. The molecule has 124 valence electrons. The smallest absolute Gasteiger partial charge is 0.0707 e. The number of hydrogen-bond donors (Lipinski definition) is 0. The summed E-state index contributed by atoms with van der Waals surface area (Å²) in [6, 6.07) is 21.3. The average Bonchev–Trinajstić information content (AvgIpc) is 2.63. The largest absolute Gasteiger partial charge is 0.385 e. The summed E-state index contributed by atoms with van der Waals surface area (Å²) in [6.07, 6.45) is 5.04. The van der Waals surface area contributed by atoms with Crippen molar-refractivity contribution >= 4 is 0 Å². The third kappa shape index (κ3) is 5.81. The van der Waals surface area contributed by atoms with Crippen molar-refractivity contribution in [2.24, 2.45) is 0 Å². The molecular formula is C21H28O2. The maximum Gasteiger partial charge on any atom is 0.0707 e. The lowest BCUT2D eigenvalue weighted by atomic mass is 9.86. The third-order valence-electron chi connectivity index (χ3n) is 4.62. The van der Waals surface area contributed by atoms with Crippen LogP contribution in [0.3, 0.4) is 0 Å². The van der Waals surface area contributed by atoms with Gasteiger partial charge in [0.25, 0.3) is 0 Å². The minimum Gasteiger partial charge on any atom is -0.385 e. The van der Waals surface area contributed by atoms with Gasteiger partial charge in [0.1, 0.15) is 0 Å². The molecular weight excluding hydrogens is 284 g/mol. The lowest BCUT2D eigenvalue weighted by molar-refractivity contribution is -0.0447. The molecule has 0 radical (unpaired) electrons. The van der Waals surface area contributed by atoms with Crippen LogP contribution >= 0.6 is 0 Å². The topological polar surface area (TPSA) is 18.5 Å². The van der Waals surface area contributed by atoms with Crippen LogP contribution in [0.2, 0.25) is 0 Å². The summed E-state index contributed by atoms with van der Waals surface area (Å²) in [6.45, 7) is 0.734. The lowest BCUT2D eigenvalue weighted by Gasteiger charge is -2.33. The minimum absolute atomic E-state index is 0.123. The Bertz CT molecular complexity index is 493. The number of hydrogen-bond acceptors (Lipinski definition) is 2. The highest BCUT2D eigenvalue weighted by Gasteiger charge is 2.29. The van der Waals surface area contributed by atoms with E-state index in [1.807, 2.05) is 7.11 Å². The molecule has 0 fully saturated rings. The number of ether oxygens (including phenoxy) is 2. The summed E-state index contributed by atoms with van der Waals surface area (Å²) in [5, 5.41) is 0. The van der Waals surface area contributed by atoms with Crippen LogP contribution in [-0.4, -0.2) is 26.4 Å². The number of benzene rings is 2. The summed E-state index contributed by atoms with van der Waals surface area (Å²) in [7, 11) is 3.60. The molecule has 0 saturated carbocycles. The van der Waals surface area contributed by atoms with E-state index in [-0.39, 0.29) is 5.60 Å². The molecule has 0 spiro atoms. The highest BCUT2D eigenvalue weighted by Crippen LogP contribution is 2.28. The van der Waals surface area contributed by atoms with Gasteiger partial charge in [-0.2, -0.15) is 0 Å². The van der Waals surface area contributed by atoms with E-state index in [4.69, 9.17) is 9.47 Å². The first-order valence-corrected chi connectivity index (χ1v) is 8.40. The van der Waals surface area contributed by atoms with Gasteiger partial charge in [0.15, 0.2) is 0 Å². The second-order valence-corrected chi connectivity index (χ2v) is 6.10. The first kappa shape index (κ1) is 17.7. The Kier molecular flexibility index (Phi) is 7.31. The van der Waals surface area contributed by atoms with E-state index < -0.39 is 0 Å². The Labute approximate surface area is 140 Å². The fraction of sp³-hybridized carbons (Fsp3) is 0.429. The zero-order chi connectivity index (χ0) is 16.4. The molecule has 0 aliphatic heterocycles. The molecule has 0 N–H and O–H groups in total. The van der Waals surface area contributed by atoms with Crippen LogP contribution in [0.1, 0.15) is 30.4 Å². The number of aryl methyl sites for hydroxylation is 2. The molecule has 2 rings (SSSR count). The number of rotatable bonds is 10. The van der Waals surface area contributed by atoms with Gasteiger partial charge in [-0.15, -0.1) is 0 Å². The normalized spacial score (nSPS) is 11.6. The van der Waals surface area contributed by atoms with E-state index in [0.29, 0.717) is 0 Å². The molecule has 0 saturated heterocycles. The van der Waals surface area contributed by atoms with Crippen molar-refractivity contribution in [3.63, 3.8) is 0 Å². The fourth-order valence-electron chi connectivity index (χ4n) is 3.00. The molecule has 0 aliphatic rings. The third-order valence-corrected chi connectivity index (χ3v) is 4.62. The van der Waals surface area contributed by atoms with Crippen molar-refractivity contribution in [2.75, 3.05) is 20.8 Å². The molecule has 2 aromatic carbocycles. The Morgan fingerprint density at radius 3 is 1.57 bits per heavy atom. The Balaban J connectivity index is 2.01. The molecule has 2 heteroatoms. The molecule has 0 heterocycles. The summed E-state index contributed by atoms with van der Waals surface area (Å²) >= 11 is 0. The average molecular weight is 312 g/mol. The molecule has 2 aromatic rings. The molecule has 2 nitrogen and oxygen atoms in total. The van der Waals surface area contributed by atoms with Crippen LogP contribution in [0.4, 0.5) is 0 Å². The van der Waals surface area contributed by atoms with Gasteiger partial charge in [0.05, 0.1) is 5.60 Å². The van der Waals surface area contributed by atoms with Crippen LogP contribution in [0, 0.1) is 0 Å². The SMILES string of the molecule is COCCC(CCc1ccccc1)(CCc1ccccc1)OC. The van der Waals surface area contributed by atoms with Gasteiger partial charge >= 0.3 is 0 Å². The van der Waals surface area contributed by atoms with E-state index in [1.54, 1.807) is 7.11 Å². The maximum atomic E-state index is 6.00. The van der Waals surface area contributed by atoms with Gasteiger partial charge in [-0.1, -0.05) is 60.7 Å². The Morgan fingerprint density at radius 1 is 0.696 bits per heavy atom. The van der Waals surface area contributed by atoms with Crippen molar-refractivity contribution in [2.45, 2.75) is 37.7 Å². The number of methoxy groups -OCH3 is 2. The van der Waals surface area contributed by atoms with E-state index in [1.165, 1.54) is 11.1 Å². The molecule has 0 atom stereocenters. The van der Waals surface area contributed by atoms with Crippen LogP contribution in [0.15, 0.2) is 60.7 Å². The van der Waals surface area contributed by atoms with Gasteiger partial charge in [-0.25, -0.2) is 0 Å². The molecule has 0 bridgehead atoms. The zero-order valence-electron chi connectivity index (χ0n) is 14.3. The molecule has 23 heavy (non-hydrogen) atoms. The second-order valence-electron chi connectivity index (χ2n) is 6.10. The van der Waals surface area contributed by atoms with E-state index in [2.05, 4.69) is 60.7 Å². The highest BCUT2D eigenvalue weighted by atomic mass is 16.5. The van der Waals surface area contributed by atoms with Crippen molar-refractivity contribution < 1.29 is 9.47 Å². The van der Waals surface area contributed by atoms with E-state index in [9.17, 15) is 0 Å². The molecule has 0 aliphatic carbocycles. The predicted molar refractivity (Wildman–Crippen MR) is 95.8 cm³/mol. The van der Waals surface area contributed by atoms with Gasteiger partial charge in [-0.3, -0.25) is 0 Å². The van der Waals surface area contributed by atoms with Crippen LogP contribution < -0.4 is 0 Å². The van der Waals surface area contributed by atoms with Crippen molar-refractivity contribution in [3.05, 3.63) is 71.8 Å². The summed E-state index contributed by atoms with van der Waals surface area (Å²) in [5.41, 5.74) is 2.61. The first-order chi connectivity index (χ1) is 11.3. The first-order valence-electron chi connectivity index (χ1n) is 8.40. The maximum absolute atomic E-state index is 6.00.